The number of ether oxygens (including phenoxy) is 1. The van der Waals surface area contributed by atoms with E-state index in [1.165, 1.54) is 12.5 Å². The lowest BCUT2D eigenvalue weighted by molar-refractivity contribution is -0.143. The van der Waals surface area contributed by atoms with Crippen LogP contribution in [0.5, 0.6) is 0 Å². The van der Waals surface area contributed by atoms with Gasteiger partial charge in [-0.3, -0.25) is 4.79 Å². The van der Waals surface area contributed by atoms with E-state index < -0.39 is 0 Å². The van der Waals surface area contributed by atoms with Crippen LogP contribution in [0.2, 0.25) is 0 Å². The fraction of sp³-hybridized carbons (Fsp3) is 0.667. The number of carbonyl (C=O) groups excluding carboxylic acids is 1. The van der Waals surface area contributed by atoms with Gasteiger partial charge in [-0.2, -0.15) is 0 Å². The van der Waals surface area contributed by atoms with Crippen molar-refractivity contribution in [1.82, 2.24) is 0 Å². The van der Waals surface area contributed by atoms with Crippen LogP contribution in [0.4, 0.5) is 0 Å². The molecular weight excluding hydrogens is 206 g/mol. The average molecular weight is 225 g/mol. The highest BCUT2D eigenvalue weighted by Crippen LogP contribution is 2.31. The van der Waals surface area contributed by atoms with Crippen molar-refractivity contribution in [3.05, 3.63) is 11.6 Å². The van der Waals surface area contributed by atoms with Crippen molar-refractivity contribution < 1.29 is 14.7 Å². The molecule has 0 aromatic heterocycles. The molecule has 16 heavy (non-hydrogen) atoms. The second-order valence-corrected chi connectivity index (χ2v) is 4.64. The Hall–Kier alpha value is -1.32. The van der Waals surface area contributed by atoms with Crippen molar-refractivity contribution in [2.75, 3.05) is 6.61 Å². The van der Waals surface area contributed by atoms with Gasteiger partial charge in [0.15, 0.2) is 0 Å². The highest BCUT2D eigenvalue weighted by Gasteiger charge is 2.33. The van der Waals surface area contributed by atoms with Crippen LogP contribution in [0.15, 0.2) is 16.8 Å². The van der Waals surface area contributed by atoms with E-state index in [0.717, 1.165) is 19.3 Å². The first-order valence-corrected chi connectivity index (χ1v) is 5.48. The third kappa shape index (κ3) is 3.08. The number of rotatable bonds is 2. The number of nitrogens with zero attached hydrogens (tertiary/aromatic N) is 1. The lowest BCUT2D eigenvalue weighted by Gasteiger charge is -2.27. The largest absolute Gasteiger partial charge is 0.465 e. The molecule has 1 atom stereocenters. The highest BCUT2D eigenvalue weighted by atomic mass is 16.5. The summed E-state index contributed by atoms with van der Waals surface area (Å²) in [6.45, 7) is 5.68. The van der Waals surface area contributed by atoms with Gasteiger partial charge in [0, 0.05) is 12.3 Å². The second-order valence-electron chi connectivity index (χ2n) is 4.64. The topological polar surface area (TPSA) is 58.9 Å². The summed E-state index contributed by atoms with van der Waals surface area (Å²) in [5.41, 5.74) is 1.62. The van der Waals surface area contributed by atoms with Gasteiger partial charge in [-0.25, -0.2) is 0 Å². The van der Waals surface area contributed by atoms with E-state index in [2.05, 4.69) is 18.2 Å². The third-order valence-electron chi connectivity index (χ3n) is 3.07. The Morgan fingerprint density at radius 2 is 2.31 bits per heavy atom. The van der Waals surface area contributed by atoms with Gasteiger partial charge in [0.25, 0.3) is 0 Å². The molecule has 4 nitrogen and oxygen atoms in total. The number of oxime groups is 1. The summed E-state index contributed by atoms with van der Waals surface area (Å²) in [6.07, 6.45) is 4.48. The Labute approximate surface area is 96.0 Å². The van der Waals surface area contributed by atoms with Crippen LogP contribution in [0.25, 0.3) is 0 Å². The molecule has 0 radical (unpaired) electrons. The summed E-state index contributed by atoms with van der Waals surface area (Å²) in [6, 6.07) is 0. The molecule has 0 saturated carbocycles. The molecule has 0 fully saturated rings. The Bertz CT molecular complexity index is 333. The first kappa shape index (κ1) is 12.7. The Morgan fingerprint density at radius 3 is 2.88 bits per heavy atom. The molecule has 0 aliphatic heterocycles. The second kappa shape index (κ2) is 5.14. The molecule has 0 spiro atoms. The van der Waals surface area contributed by atoms with Gasteiger partial charge in [0.2, 0.25) is 0 Å². The van der Waals surface area contributed by atoms with Crippen LogP contribution in [-0.4, -0.2) is 23.5 Å². The SMILES string of the molecule is CC(=O)OC[C@@]1(C)CC=C(C)CC/C1=N/O. The Morgan fingerprint density at radius 1 is 1.62 bits per heavy atom. The molecule has 1 aliphatic rings. The van der Waals surface area contributed by atoms with Crippen molar-refractivity contribution >= 4 is 11.7 Å². The maximum absolute atomic E-state index is 10.8. The minimum atomic E-state index is -0.377. The summed E-state index contributed by atoms with van der Waals surface area (Å²) in [5.74, 6) is -0.302. The predicted molar refractivity (Wildman–Crippen MR) is 61.6 cm³/mol. The van der Waals surface area contributed by atoms with Gasteiger partial charge >= 0.3 is 5.97 Å². The Balaban J connectivity index is 2.82. The molecular formula is C12H19NO3. The molecule has 0 aromatic rings. The van der Waals surface area contributed by atoms with Gasteiger partial charge in [-0.1, -0.05) is 23.7 Å². The minimum absolute atomic E-state index is 0.269. The first-order chi connectivity index (χ1) is 7.48. The zero-order chi connectivity index (χ0) is 12.2. The first-order valence-electron chi connectivity index (χ1n) is 5.48. The van der Waals surface area contributed by atoms with E-state index in [4.69, 9.17) is 9.94 Å². The van der Waals surface area contributed by atoms with Crippen molar-refractivity contribution in [3.8, 4) is 0 Å². The quantitative estimate of drug-likeness (QED) is 0.340. The molecule has 1 N–H and O–H groups in total. The van der Waals surface area contributed by atoms with E-state index in [1.807, 2.05) is 6.92 Å². The average Bonchev–Trinajstić information content (AvgIpc) is 2.37. The molecule has 0 saturated heterocycles. The molecule has 0 amide bonds. The molecule has 4 heteroatoms. The predicted octanol–water partition coefficient (Wildman–Crippen LogP) is 2.52. The molecule has 90 valence electrons. The van der Waals surface area contributed by atoms with E-state index in [1.54, 1.807) is 0 Å². The van der Waals surface area contributed by atoms with Crippen molar-refractivity contribution in [3.63, 3.8) is 0 Å². The van der Waals surface area contributed by atoms with Crippen molar-refractivity contribution in [2.45, 2.75) is 40.0 Å². The highest BCUT2D eigenvalue weighted by molar-refractivity contribution is 5.90. The van der Waals surface area contributed by atoms with Crippen LogP contribution < -0.4 is 0 Å². The number of allylic oxidation sites excluding steroid dienone is 2. The fourth-order valence-electron chi connectivity index (χ4n) is 1.81. The van der Waals surface area contributed by atoms with Gasteiger partial charge < -0.3 is 9.94 Å². The van der Waals surface area contributed by atoms with E-state index in [0.29, 0.717) is 5.71 Å². The lowest BCUT2D eigenvalue weighted by atomic mass is 9.82. The zero-order valence-electron chi connectivity index (χ0n) is 10.1. The van der Waals surface area contributed by atoms with Gasteiger partial charge in [0.05, 0.1) is 5.71 Å². The minimum Gasteiger partial charge on any atom is -0.465 e. The maximum Gasteiger partial charge on any atom is 0.302 e. The molecule has 0 heterocycles. The molecule has 0 bridgehead atoms. The molecule has 1 aliphatic carbocycles. The van der Waals surface area contributed by atoms with Crippen LogP contribution >= 0.6 is 0 Å². The van der Waals surface area contributed by atoms with Crippen LogP contribution in [0.1, 0.15) is 40.0 Å². The third-order valence-corrected chi connectivity index (χ3v) is 3.07. The van der Waals surface area contributed by atoms with E-state index >= 15 is 0 Å². The number of hydrogen-bond acceptors (Lipinski definition) is 4. The van der Waals surface area contributed by atoms with Crippen LogP contribution in [0, 0.1) is 5.41 Å². The Kier molecular flexibility index (Phi) is 4.10. The smallest absolute Gasteiger partial charge is 0.302 e. The van der Waals surface area contributed by atoms with Gasteiger partial charge in [-0.05, 0) is 26.2 Å². The summed E-state index contributed by atoms with van der Waals surface area (Å²) in [5, 5.41) is 12.4. The zero-order valence-corrected chi connectivity index (χ0v) is 10.1. The number of esters is 1. The van der Waals surface area contributed by atoms with Crippen LogP contribution in [0.3, 0.4) is 0 Å². The molecule has 0 unspecified atom stereocenters. The lowest BCUT2D eigenvalue weighted by Crippen LogP contribution is -2.32. The summed E-state index contributed by atoms with van der Waals surface area (Å²) in [7, 11) is 0. The van der Waals surface area contributed by atoms with E-state index in [9.17, 15) is 4.79 Å². The fourth-order valence-corrected chi connectivity index (χ4v) is 1.81. The number of hydrogen-bond donors (Lipinski definition) is 1. The standard InChI is InChI=1S/C12H19NO3/c1-9-4-5-11(13-15)12(3,7-6-9)8-16-10(2)14/h6,15H,4-5,7-8H2,1-3H3/b13-11-/t12-/m1/s1. The maximum atomic E-state index is 10.8. The summed E-state index contributed by atoms with van der Waals surface area (Å²) in [4.78, 5) is 10.8. The monoisotopic (exact) mass is 225 g/mol. The van der Waals surface area contributed by atoms with Crippen molar-refractivity contribution in [1.29, 1.82) is 0 Å². The van der Waals surface area contributed by atoms with E-state index in [-0.39, 0.29) is 18.0 Å². The van der Waals surface area contributed by atoms with Crippen LogP contribution in [-0.2, 0) is 9.53 Å². The normalized spacial score (nSPS) is 28.4. The number of carbonyl (C=O) groups is 1. The molecule has 0 aromatic carbocycles. The molecule has 1 rings (SSSR count). The van der Waals surface area contributed by atoms with Crippen molar-refractivity contribution in [2.24, 2.45) is 10.6 Å². The summed E-state index contributed by atoms with van der Waals surface area (Å²) < 4.78 is 5.05. The van der Waals surface area contributed by atoms with Gasteiger partial charge in [-0.15, -0.1) is 0 Å². The van der Waals surface area contributed by atoms with Gasteiger partial charge in [0.1, 0.15) is 6.61 Å². The summed E-state index contributed by atoms with van der Waals surface area (Å²) >= 11 is 0.